The molecule has 0 spiro atoms. The third-order valence-electron chi connectivity index (χ3n) is 4.71. The van der Waals surface area contributed by atoms with Crippen LogP contribution in [0.1, 0.15) is 34.2 Å². The van der Waals surface area contributed by atoms with E-state index in [0.29, 0.717) is 16.2 Å². The van der Waals surface area contributed by atoms with Crippen LogP contribution in [0.2, 0.25) is 5.02 Å². The molecule has 1 heterocycles. The average Bonchev–Trinajstić information content (AvgIpc) is 3.05. The van der Waals surface area contributed by atoms with Crippen LogP contribution in [0.4, 0.5) is 17.6 Å². The SMILES string of the molecule is C=C(Cl)c1ccc(C2=NO[C@@](c3cc(C)c(F)c(Cl)c3)(C(F)(F)F)C2)cc1C. The van der Waals surface area contributed by atoms with E-state index in [4.69, 9.17) is 28.0 Å². The van der Waals surface area contributed by atoms with Crippen LogP contribution in [0.3, 0.4) is 0 Å². The number of aryl methyl sites for hydroxylation is 2. The van der Waals surface area contributed by atoms with Crippen molar-refractivity contribution in [1.82, 2.24) is 0 Å². The molecular formula is C20H15Cl2F4NO. The van der Waals surface area contributed by atoms with Crippen LogP contribution < -0.4 is 0 Å². The fraction of sp³-hybridized carbons (Fsp3) is 0.250. The van der Waals surface area contributed by atoms with E-state index >= 15 is 0 Å². The summed E-state index contributed by atoms with van der Waals surface area (Å²) in [5.74, 6) is -0.769. The zero-order valence-electron chi connectivity index (χ0n) is 14.9. The van der Waals surface area contributed by atoms with Gasteiger partial charge in [-0.15, -0.1) is 0 Å². The lowest BCUT2D eigenvalue weighted by molar-refractivity contribution is -0.275. The van der Waals surface area contributed by atoms with Gasteiger partial charge in [-0.25, -0.2) is 4.39 Å². The summed E-state index contributed by atoms with van der Waals surface area (Å²) in [7, 11) is 0. The Hall–Kier alpha value is -2.05. The molecule has 1 aliphatic rings. The minimum atomic E-state index is -4.80. The van der Waals surface area contributed by atoms with Crippen molar-refractivity contribution in [2.45, 2.75) is 32.0 Å². The monoisotopic (exact) mass is 431 g/mol. The second kappa shape index (κ2) is 7.08. The second-order valence-electron chi connectivity index (χ2n) is 6.65. The molecule has 0 N–H and O–H groups in total. The second-order valence-corrected chi connectivity index (χ2v) is 7.52. The van der Waals surface area contributed by atoms with E-state index in [1.165, 1.54) is 6.92 Å². The molecule has 0 saturated heterocycles. The van der Waals surface area contributed by atoms with Gasteiger partial charge >= 0.3 is 6.18 Å². The number of alkyl halides is 3. The van der Waals surface area contributed by atoms with Crippen LogP contribution in [0.25, 0.3) is 5.03 Å². The molecule has 0 amide bonds. The lowest BCUT2D eigenvalue weighted by Gasteiger charge is -2.30. The first kappa shape index (κ1) is 20.7. The van der Waals surface area contributed by atoms with Gasteiger partial charge in [0.1, 0.15) is 5.82 Å². The highest BCUT2D eigenvalue weighted by atomic mass is 35.5. The Balaban J connectivity index is 2.04. The van der Waals surface area contributed by atoms with Gasteiger partial charge in [0.05, 0.1) is 10.7 Å². The predicted molar refractivity (Wildman–Crippen MR) is 102 cm³/mol. The van der Waals surface area contributed by atoms with E-state index in [-0.39, 0.29) is 16.8 Å². The Morgan fingerprint density at radius 1 is 1.18 bits per heavy atom. The van der Waals surface area contributed by atoms with Crippen molar-refractivity contribution < 1.29 is 22.4 Å². The Kier molecular flexibility index (Phi) is 5.23. The lowest BCUT2D eigenvalue weighted by atomic mass is 9.85. The van der Waals surface area contributed by atoms with Gasteiger partial charge in [0, 0.05) is 17.0 Å². The number of oxime groups is 1. The third kappa shape index (κ3) is 3.40. The molecule has 0 radical (unpaired) electrons. The summed E-state index contributed by atoms with van der Waals surface area (Å²) in [5.41, 5.74) is -1.04. The first-order valence-electron chi connectivity index (χ1n) is 8.20. The van der Waals surface area contributed by atoms with Crippen molar-refractivity contribution >= 4 is 33.9 Å². The van der Waals surface area contributed by atoms with E-state index in [2.05, 4.69) is 11.7 Å². The fourth-order valence-electron chi connectivity index (χ4n) is 3.17. The molecule has 2 aromatic carbocycles. The molecular weight excluding hydrogens is 417 g/mol. The van der Waals surface area contributed by atoms with Gasteiger partial charge in [0.25, 0.3) is 5.60 Å². The number of hydrogen-bond acceptors (Lipinski definition) is 2. The minimum Gasteiger partial charge on any atom is -0.374 e. The van der Waals surface area contributed by atoms with Crippen LogP contribution in [-0.4, -0.2) is 11.9 Å². The number of rotatable bonds is 3. The summed E-state index contributed by atoms with van der Waals surface area (Å²) in [5, 5.41) is 3.63. The Morgan fingerprint density at radius 2 is 1.86 bits per heavy atom. The van der Waals surface area contributed by atoms with E-state index < -0.39 is 29.0 Å². The lowest BCUT2D eigenvalue weighted by Crippen LogP contribution is -2.42. The highest BCUT2D eigenvalue weighted by molar-refractivity contribution is 6.48. The quantitative estimate of drug-likeness (QED) is 0.484. The van der Waals surface area contributed by atoms with E-state index in [1.807, 2.05) is 0 Å². The molecule has 0 aliphatic carbocycles. The van der Waals surface area contributed by atoms with Gasteiger partial charge in [0.2, 0.25) is 0 Å². The fourth-order valence-corrected chi connectivity index (χ4v) is 3.64. The van der Waals surface area contributed by atoms with Crippen molar-refractivity contribution in [3.63, 3.8) is 0 Å². The molecule has 148 valence electrons. The van der Waals surface area contributed by atoms with Gasteiger partial charge in [-0.1, -0.05) is 47.1 Å². The molecule has 2 nitrogen and oxygen atoms in total. The Bertz CT molecular complexity index is 977. The standard InChI is InChI=1S/C20H15Cl2F4NO/c1-10-6-13(4-5-15(10)12(3)21)17-9-19(28-27-17,20(24,25)26)14-7-11(2)18(23)16(22)8-14/h4-8H,3,9H2,1-2H3/t19-/m0/s1. The van der Waals surface area contributed by atoms with Crippen LogP contribution in [0.15, 0.2) is 42.1 Å². The molecule has 28 heavy (non-hydrogen) atoms. The summed E-state index contributed by atoms with van der Waals surface area (Å²) < 4.78 is 55.9. The highest BCUT2D eigenvalue weighted by Crippen LogP contribution is 2.49. The van der Waals surface area contributed by atoms with Gasteiger partial charge in [-0.05, 0) is 54.3 Å². The summed E-state index contributed by atoms with van der Waals surface area (Å²) in [6.45, 7) is 6.76. The van der Waals surface area contributed by atoms with Crippen molar-refractivity contribution in [3.8, 4) is 0 Å². The normalized spacial score (nSPS) is 19.4. The van der Waals surface area contributed by atoms with E-state index in [9.17, 15) is 17.6 Å². The largest absolute Gasteiger partial charge is 0.435 e. The Labute approximate surface area is 169 Å². The van der Waals surface area contributed by atoms with Crippen LogP contribution in [-0.2, 0) is 10.4 Å². The predicted octanol–water partition coefficient (Wildman–Crippen LogP) is 6.89. The molecule has 8 heteroatoms. The number of halogens is 6. The smallest absolute Gasteiger partial charge is 0.374 e. The Morgan fingerprint density at radius 3 is 2.39 bits per heavy atom. The van der Waals surface area contributed by atoms with Gasteiger partial charge in [-0.3, -0.25) is 0 Å². The molecule has 0 unspecified atom stereocenters. The molecule has 0 fully saturated rings. The zero-order valence-corrected chi connectivity index (χ0v) is 16.4. The van der Waals surface area contributed by atoms with Crippen LogP contribution in [0, 0.1) is 19.7 Å². The van der Waals surface area contributed by atoms with Crippen molar-refractivity contribution in [2.75, 3.05) is 0 Å². The molecule has 2 aromatic rings. The van der Waals surface area contributed by atoms with E-state index in [1.54, 1.807) is 25.1 Å². The van der Waals surface area contributed by atoms with Gasteiger partial charge < -0.3 is 4.84 Å². The molecule has 0 bridgehead atoms. The molecule has 0 aromatic heterocycles. The number of hydrogen-bond donors (Lipinski definition) is 0. The van der Waals surface area contributed by atoms with Gasteiger partial charge in [-0.2, -0.15) is 13.2 Å². The summed E-state index contributed by atoms with van der Waals surface area (Å²) in [6.07, 6.45) is -5.37. The van der Waals surface area contributed by atoms with Crippen molar-refractivity contribution in [1.29, 1.82) is 0 Å². The molecule has 1 aliphatic heterocycles. The maximum absolute atomic E-state index is 14.0. The maximum atomic E-state index is 14.0. The molecule has 1 atom stereocenters. The summed E-state index contributed by atoms with van der Waals surface area (Å²) >= 11 is 11.7. The molecule has 3 rings (SSSR count). The summed E-state index contributed by atoms with van der Waals surface area (Å²) in [4.78, 5) is 4.96. The van der Waals surface area contributed by atoms with Crippen molar-refractivity contribution in [3.05, 3.63) is 75.6 Å². The summed E-state index contributed by atoms with van der Waals surface area (Å²) in [6, 6.07) is 6.95. The van der Waals surface area contributed by atoms with Crippen LogP contribution in [0.5, 0.6) is 0 Å². The number of benzene rings is 2. The van der Waals surface area contributed by atoms with E-state index in [0.717, 1.165) is 17.7 Å². The first-order chi connectivity index (χ1) is 13.0. The maximum Gasteiger partial charge on any atom is 0.435 e. The minimum absolute atomic E-state index is 0.0102. The first-order valence-corrected chi connectivity index (χ1v) is 8.95. The topological polar surface area (TPSA) is 21.6 Å². The highest BCUT2D eigenvalue weighted by Gasteiger charge is 2.62. The van der Waals surface area contributed by atoms with Crippen LogP contribution >= 0.6 is 23.2 Å². The molecule has 0 saturated carbocycles. The number of nitrogens with zero attached hydrogens (tertiary/aromatic N) is 1. The zero-order chi connectivity index (χ0) is 20.9. The van der Waals surface area contributed by atoms with Gasteiger partial charge in [0.15, 0.2) is 0 Å². The third-order valence-corrected chi connectivity index (χ3v) is 5.19. The van der Waals surface area contributed by atoms with Crippen molar-refractivity contribution in [2.24, 2.45) is 5.16 Å². The average molecular weight is 432 g/mol.